The van der Waals surface area contributed by atoms with E-state index in [-0.39, 0.29) is 6.03 Å². The molecule has 0 aromatic carbocycles. The number of urea groups is 1. The topological polar surface area (TPSA) is 67.4 Å². The molecule has 1 aliphatic carbocycles. The summed E-state index contributed by atoms with van der Waals surface area (Å²) in [5.74, 6) is 0.674. The fourth-order valence-corrected chi connectivity index (χ4v) is 4.11. The molecular formula is C13H20N4O2S. The van der Waals surface area contributed by atoms with Crippen molar-refractivity contribution in [3.8, 4) is 5.19 Å². The van der Waals surface area contributed by atoms with Gasteiger partial charge in [-0.25, -0.2) is 4.79 Å². The minimum atomic E-state index is -0.0503. The molecule has 0 radical (unpaired) electrons. The lowest BCUT2D eigenvalue weighted by Crippen LogP contribution is -2.44. The highest BCUT2D eigenvalue weighted by atomic mass is 32.1. The van der Waals surface area contributed by atoms with Crippen LogP contribution < -0.4 is 10.1 Å². The number of anilines is 1. The Morgan fingerprint density at radius 2 is 2.20 bits per heavy atom. The Bertz CT molecular complexity index is 492. The number of nitrogens with zero attached hydrogens (tertiary/aromatic N) is 3. The largest absolute Gasteiger partial charge is 0.472 e. The maximum Gasteiger partial charge on any atom is 0.324 e. The van der Waals surface area contributed by atoms with Gasteiger partial charge in [0.15, 0.2) is 0 Å². The van der Waals surface area contributed by atoms with E-state index in [1.54, 1.807) is 7.11 Å². The summed E-state index contributed by atoms with van der Waals surface area (Å²) in [7, 11) is 1.54. The van der Waals surface area contributed by atoms with Gasteiger partial charge in [0.25, 0.3) is 5.19 Å². The van der Waals surface area contributed by atoms with E-state index in [1.165, 1.54) is 30.6 Å². The summed E-state index contributed by atoms with van der Waals surface area (Å²) in [4.78, 5) is 14.5. The van der Waals surface area contributed by atoms with Crippen LogP contribution in [0.25, 0.3) is 0 Å². The molecule has 1 saturated carbocycles. The van der Waals surface area contributed by atoms with Crippen LogP contribution in [0.2, 0.25) is 0 Å². The van der Waals surface area contributed by atoms with Gasteiger partial charge in [0, 0.05) is 12.1 Å². The van der Waals surface area contributed by atoms with E-state index < -0.39 is 0 Å². The van der Waals surface area contributed by atoms with E-state index in [1.807, 2.05) is 4.90 Å². The highest BCUT2D eigenvalue weighted by molar-refractivity contribution is 7.17. The molecule has 2 amide bonds. The third-order valence-corrected chi connectivity index (χ3v) is 5.17. The number of fused-ring (bicyclic) bond motifs is 1. The van der Waals surface area contributed by atoms with E-state index in [0.717, 1.165) is 12.8 Å². The van der Waals surface area contributed by atoms with Gasteiger partial charge in [-0.3, -0.25) is 5.32 Å². The monoisotopic (exact) mass is 296 g/mol. The van der Waals surface area contributed by atoms with Gasteiger partial charge in [-0.2, -0.15) is 0 Å². The molecule has 0 spiro atoms. The number of amides is 2. The van der Waals surface area contributed by atoms with Crippen LogP contribution in [0, 0.1) is 5.92 Å². The molecule has 1 aromatic heterocycles. The first-order valence-electron chi connectivity index (χ1n) is 7.16. The minimum absolute atomic E-state index is 0.0503. The zero-order chi connectivity index (χ0) is 14.1. The summed E-state index contributed by atoms with van der Waals surface area (Å²) in [6.45, 7) is 2.14. The smallest absolute Gasteiger partial charge is 0.324 e. The number of hydrogen-bond acceptors (Lipinski definition) is 5. The van der Waals surface area contributed by atoms with Crippen molar-refractivity contribution >= 4 is 22.5 Å². The molecule has 7 heteroatoms. The van der Waals surface area contributed by atoms with Gasteiger partial charge >= 0.3 is 6.03 Å². The van der Waals surface area contributed by atoms with Crippen LogP contribution in [0.1, 0.15) is 39.0 Å². The highest BCUT2D eigenvalue weighted by Crippen LogP contribution is 2.39. The molecule has 1 N–H and O–H groups in total. The Morgan fingerprint density at radius 1 is 1.40 bits per heavy atom. The Hall–Kier alpha value is -1.37. The third-order valence-electron chi connectivity index (χ3n) is 4.37. The van der Waals surface area contributed by atoms with Crippen molar-refractivity contribution in [2.45, 2.75) is 51.1 Å². The maximum atomic E-state index is 12.5. The van der Waals surface area contributed by atoms with Crippen LogP contribution >= 0.6 is 11.3 Å². The molecule has 110 valence electrons. The average Bonchev–Trinajstić information content (AvgIpc) is 3.01. The minimum Gasteiger partial charge on any atom is -0.472 e. The van der Waals surface area contributed by atoms with Crippen molar-refractivity contribution in [1.82, 2.24) is 15.1 Å². The Morgan fingerprint density at radius 3 is 2.95 bits per heavy atom. The number of methoxy groups -OCH3 is 1. The van der Waals surface area contributed by atoms with E-state index in [9.17, 15) is 4.79 Å². The standard InChI is InChI=1S/C13H20N4O2S/c1-8-7-9-5-3-4-6-10(9)17(8)12(18)14-11-15-16-13(19-2)20-11/h8-10H,3-7H2,1-2H3,(H,14,15,18). The molecular weight excluding hydrogens is 276 g/mol. The molecule has 1 saturated heterocycles. The van der Waals surface area contributed by atoms with E-state index in [2.05, 4.69) is 22.4 Å². The molecule has 3 atom stereocenters. The Kier molecular flexibility index (Phi) is 3.78. The number of rotatable bonds is 2. The molecule has 2 aliphatic rings. The lowest BCUT2D eigenvalue weighted by Gasteiger charge is -2.32. The van der Waals surface area contributed by atoms with Crippen LogP contribution in [-0.2, 0) is 0 Å². The summed E-state index contributed by atoms with van der Waals surface area (Å²) in [6.07, 6.45) is 6.03. The number of nitrogens with one attached hydrogen (secondary N) is 1. The van der Waals surface area contributed by atoms with Gasteiger partial charge < -0.3 is 9.64 Å². The number of likely N-dealkylation sites (tertiary alicyclic amines) is 1. The van der Waals surface area contributed by atoms with E-state index in [0.29, 0.717) is 28.3 Å². The first-order chi connectivity index (χ1) is 9.69. The first-order valence-corrected chi connectivity index (χ1v) is 7.97. The molecule has 1 aliphatic heterocycles. The second-order valence-electron chi connectivity index (χ2n) is 5.61. The summed E-state index contributed by atoms with van der Waals surface area (Å²) < 4.78 is 4.99. The molecule has 20 heavy (non-hydrogen) atoms. The van der Waals surface area contributed by atoms with Crippen molar-refractivity contribution in [1.29, 1.82) is 0 Å². The first kappa shape index (κ1) is 13.6. The molecule has 3 rings (SSSR count). The summed E-state index contributed by atoms with van der Waals surface area (Å²) >= 11 is 1.25. The second kappa shape index (κ2) is 5.55. The van der Waals surface area contributed by atoms with Crippen LogP contribution in [-0.4, -0.2) is 40.3 Å². The summed E-state index contributed by atoms with van der Waals surface area (Å²) in [5.41, 5.74) is 0. The van der Waals surface area contributed by atoms with Crippen molar-refractivity contribution in [3.05, 3.63) is 0 Å². The average molecular weight is 296 g/mol. The number of aromatic nitrogens is 2. The van der Waals surface area contributed by atoms with Crippen molar-refractivity contribution in [3.63, 3.8) is 0 Å². The third kappa shape index (κ3) is 2.46. The second-order valence-corrected chi connectivity index (χ2v) is 6.55. The van der Waals surface area contributed by atoms with Crippen LogP contribution in [0.15, 0.2) is 0 Å². The normalized spacial score (nSPS) is 29.1. The van der Waals surface area contributed by atoms with Crippen molar-refractivity contribution in [2.75, 3.05) is 12.4 Å². The fraction of sp³-hybridized carbons (Fsp3) is 0.769. The molecule has 0 bridgehead atoms. The lowest BCUT2D eigenvalue weighted by molar-refractivity contribution is 0.168. The lowest BCUT2D eigenvalue weighted by atomic mass is 9.85. The number of hydrogen-bond donors (Lipinski definition) is 1. The summed E-state index contributed by atoms with van der Waals surface area (Å²) in [5, 5.41) is 11.6. The fourth-order valence-electron chi connectivity index (χ4n) is 3.56. The molecule has 6 nitrogen and oxygen atoms in total. The molecule has 3 unspecified atom stereocenters. The quantitative estimate of drug-likeness (QED) is 0.911. The van der Waals surface area contributed by atoms with E-state index >= 15 is 0 Å². The van der Waals surface area contributed by atoms with Crippen molar-refractivity contribution in [2.24, 2.45) is 5.92 Å². The van der Waals surface area contributed by atoms with Gasteiger partial charge in [-0.15, -0.1) is 5.10 Å². The Balaban J connectivity index is 1.69. The van der Waals surface area contributed by atoms with Gasteiger partial charge in [-0.05, 0) is 43.4 Å². The molecule has 2 heterocycles. The van der Waals surface area contributed by atoms with Crippen molar-refractivity contribution < 1.29 is 9.53 Å². The van der Waals surface area contributed by atoms with Gasteiger partial charge in [0.05, 0.1) is 7.11 Å². The Labute approximate surface area is 122 Å². The van der Waals surface area contributed by atoms with Gasteiger partial charge in [-0.1, -0.05) is 17.9 Å². The van der Waals surface area contributed by atoms with Crippen LogP contribution in [0.5, 0.6) is 5.19 Å². The summed E-state index contributed by atoms with van der Waals surface area (Å²) in [6, 6.07) is 0.650. The van der Waals surface area contributed by atoms with Gasteiger partial charge in [0.1, 0.15) is 0 Å². The van der Waals surface area contributed by atoms with Crippen LogP contribution in [0.4, 0.5) is 9.93 Å². The highest BCUT2D eigenvalue weighted by Gasteiger charge is 2.42. The maximum absolute atomic E-state index is 12.5. The SMILES string of the molecule is COc1nnc(NC(=O)N2C(C)CC3CCCCC32)s1. The zero-order valence-corrected chi connectivity index (χ0v) is 12.7. The molecule has 1 aromatic rings. The number of ether oxygens (including phenoxy) is 1. The predicted molar refractivity (Wildman–Crippen MR) is 77.1 cm³/mol. The number of carbonyl (C=O) groups excluding carboxylic acids is 1. The predicted octanol–water partition coefficient (Wildman–Crippen LogP) is 2.73. The van der Waals surface area contributed by atoms with E-state index in [4.69, 9.17) is 4.74 Å². The van der Waals surface area contributed by atoms with Gasteiger partial charge in [0.2, 0.25) is 5.13 Å². The van der Waals surface area contributed by atoms with Crippen LogP contribution in [0.3, 0.4) is 0 Å². The molecule has 2 fully saturated rings. The zero-order valence-electron chi connectivity index (χ0n) is 11.8. The number of carbonyl (C=O) groups is 1.